The predicted octanol–water partition coefficient (Wildman–Crippen LogP) is 8.43. The lowest BCUT2D eigenvalue weighted by Crippen LogP contribution is -2.23. The van der Waals surface area contributed by atoms with Crippen LogP contribution in [0, 0.1) is 6.92 Å². The van der Waals surface area contributed by atoms with Crippen molar-refractivity contribution in [1.82, 2.24) is 9.97 Å². The summed E-state index contributed by atoms with van der Waals surface area (Å²) in [5, 5.41) is 0. The molecule has 29 heavy (non-hydrogen) atoms. The number of hydrogen-bond donors (Lipinski definition) is 0. The summed E-state index contributed by atoms with van der Waals surface area (Å²) in [6, 6.07) is 4.74. The summed E-state index contributed by atoms with van der Waals surface area (Å²) >= 11 is 0. The molecular weight excluding hydrogens is 352 g/mol. The van der Waals surface area contributed by atoms with Crippen molar-refractivity contribution in [2.45, 2.75) is 124 Å². The molecule has 0 radical (unpaired) electrons. The number of aromatic nitrogens is 2. The molecule has 0 saturated carbocycles. The van der Waals surface area contributed by atoms with Crippen LogP contribution in [-0.4, -0.2) is 9.97 Å². The van der Waals surface area contributed by atoms with E-state index < -0.39 is 0 Å². The molecule has 0 saturated heterocycles. The molecule has 2 heteroatoms. The Morgan fingerprint density at radius 2 is 1.48 bits per heavy atom. The van der Waals surface area contributed by atoms with E-state index in [0.29, 0.717) is 0 Å². The predicted molar refractivity (Wildman–Crippen MR) is 128 cm³/mol. The number of aryl methyl sites for hydroxylation is 1. The molecule has 0 aliphatic heterocycles. The molecule has 0 aliphatic carbocycles. The van der Waals surface area contributed by atoms with Gasteiger partial charge in [-0.2, -0.15) is 0 Å². The fourth-order valence-electron chi connectivity index (χ4n) is 4.24. The van der Waals surface area contributed by atoms with Crippen molar-refractivity contribution >= 4 is 11.0 Å². The molecular formula is C27H44N2. The zero-order chi connectivity index (χ0) is 21.5. The van der Waals surface area contributed by atoms with Gasteiger partial charge in [0.15, 0.2) is 0 Å². The number of benzene rings is 1. The Bertz CT molecular complexity index is 777. The molecule has 2 rings (SSSR count). The molecule has 162 valence electrons. The van der Waals surface area contributed by atoms with E-state index in [-0.39, 0.29) is 10.8 Å². The summed E-state index contributed by atoms with van der Waals surface area (Å²) in [5.41, 5.74) is 6.28. The second kappa shape index (κ2) is 10.5. The summed E-state index contributed by atoms with van der Waals surface area (Å²) < 4.78 is 0. The molecule has 0 aliphatic rings. The van der Waals surface area contributed by atoms with Crippen molar-refractivity contribution in [1.29, 1.82) is 0 Å². The highest BCUT2D eigenvalue weighted by Crippen LogP contribution is 2.37. The minimum absolute atomic E-state index is 0.0699. The average Bonchev–Trinajstić information content (AvgIpc) is 2.71. The first-order valence-electron chi connectivity index (χ1n) is 12.1. The van der Waals surface area contributed by atoms with Crippen molar-refractivity contribution in [2.75, 3.05) is 0 Å². The zero-order valence-electron chi connectivity index (χ0n) is 20.2. The molecule has 0 bridgehead atoms. The lowest BCUT2D eigenvalue weighted by molar-refractivity contribution is 0.368. The molecule has 1 heterocycles. The number of fused-ring (bicyclic) bond motifs is 1. The molecule has 1 atom stereocenters. The first-order valence-corrected chi connectivity index (χ1v) is 12.1. The van der Waals surface area contributed by atoms with Crippen molar-refractivity contribution in [3.8, 4) is 0 Å². The van der Waals surface area contributed by atoms with Crippen LogP contribution in [0.4, 0.5) is 0 Å². The second-order valence-corrected chi connectivity index (χ2v) is 9.98. The van der Waals surface area contributed by atoms with Crippen LogP contribution in [0.3, 0.4) is 0 Å². The standard InChI is InChI=1S/C27H44N2/c1-8-11-13-14-15-17-27(7,16-12-9-2)22-18-21(4)25-23(19-22)28-20-24(29-25)26(5,6)10-3/h18-20H,8-17H2,1-7H3. The van der Waals surface area contributed by atoms with Gasteiger partial charge in [0, 0.05) is 11.6 Å². The summed E-state index contributed by atoms with van der Waals surface area (Å²) in [5.74, 6) is 0. The van der Waals surface area contributed by atoms with Gasteiger partial charge in [-0.15, -0.1) is 0 Å². The normalized spacial score (nSPS) is 14.3. The van der Waals surface area contributed by atoms with Gasteiger partial charge < -0.3 is 0 Å². The van der Waals surface area contributed by atoms with Gasteiger partial charge in [0.2, 0.25) is 0 Å². The van der Waals surface area contributed by atoms with Gasteiger partial charge in [-0.3, -0.25) is 4.98 Å². The van der Waals surface area contributed by atoms with Gasteiger partial charge >= 0.3 is 0 Å². The molecule has 0 fully saturated rings. The molecule has 2 aromatic rings. The maximum absolute atomic E-state index is 5.04. The molecule has 0 N–H and O–H groups in total. The van der Waals surface area contributed by atoms with E-state index in [1.165, 1.54) is 68.9 Å². The van der Waals surface area contributed by atoms with Gasteiger partial charge in [-0.05, 0) is 48.8 Å². The van der Waals surface area contributed by atoms with Gasteiger partial charge in [-0.1, -0.05) is 92.6 Å². The van der Waals surface area contributed by atoms with Crippen molar-refractivity contribution in [2.24, 2.45) is 0 Å². The summed E-state index contributed by atoms with van der Waals surface area (Å²) in [6.07, 6.45) is 14.9. The summed E-state index contributed by atoms with van der Waals surface area (Å²) in [6.45, 7) is 16.0. The van der Waals surface area contributed by atoms with Crippen LogP contribution in [0.15, 0.2) is 18.3 Å². The van der Waals surface area contributed by atoms with E-state index in [2.05, 4.69) is 60.6 Å². The lowest BCUT2D eigenvalue weighted by atomic mass is 9.74. The molecule has 1 aromatic carbocycles. The largest absolute Gasteiger partial charge is 0.253 e. The SMILES string of the molecule is CCCCCCCC(C)(CCCC)c1cc(C)c2nc(C(C)(C)CC)cnc2c1. The number of hydrogen-bond acceptors (Lipinski definition) is 2. The van der Waals surface area contributed by atoms with E-state index in [0.717, 1.165) is 23.1 Å². The highest BCUT2D eigenvalue weighted by molar-refractivity contribution is 5.79. The van der Waals surface area contributed by atoms with Crippen LogP contribution in [0.2, 0.25) is 0 Å². The Morgan fingerprint density at radius 3 is 2.14 bits per heavy atom. The third kappa shape index (κ3) is 6.03. The molecule has 1 unspecified atom stereocenters. The van der Waals surface area contributed by atoms with E-state index in [1.807, 2.05) is 6.20 Å². The molecule has 1 aromatic heterocycles. The smallest absolute Gasteiger partial charge is 0.0919 e. The Kier molecular flexibility index (Phi) is 8.67. The van der Waals surface area contributed by atoms with Gasteiger partial charge in [0.1, 0.15) is 0 Å². The quantitative estimate of drug-likeness (QED) is 0.336. The monoisotopic (exact) mass is 396 g/mol. The molecule has 2 nitrogen and oxygen atoms in total. The van der Waals surface area contributed by atoms with E-state index in [1.54, 1.807) is 0 Å². The van der Waals surface area contributed by atoms with Crippen molar-refractivity contribution < 1.29 is 0 Å². The third-order valence-electron chi connectivity index (χ3n) is 7.03. The Hall–Kier alpha value is -1.44. The van der Waals surface area contributed by atoms with Gasteiger partial charge in [-0.25, -0.2) is 4.98 Å². The van der Waals surface area contributed by atoms with Crippen LogP contribution in [0.25, 0.3) is 11.0 Å². The topological polar surface area (TPSA) is 25.8 Å². The van der Waals surface area contributed by atoms with Gasteiger partial charge in [0.05, 0.1) is 16.7 Å². The first kappa shape index (κ1) is 23.8. The second-order valence-electron chi connectivity index (χ2n) is 9.98. The van der Waals surface area contributed by atoms with Crippen molar-refractivity contribution in [3.05, 3.63) is 35.2 Å². The molecule has 0 spiro atoms. The number of unbranched alkanes of at least 4 members (excludes halogenated alkanes) is 5. The maximum Gasteiger partial charge on any atom is 0.0919 e. The van der Waals surface area contributed by atoms with Crippen LogP contribution in [0.5, 0.6) is 0 Å². The molecule has 0 amide bonds. The van der Waals surface area contributed by atoms with Crippen LogP contribution >= 0.6 is 0 Å². The van der Waals surface area contributed by atoms with Crippen LogP contribution in [0.1, 0.15) is 123 Å². The minimum Gasteiger partial charge on any atom is -0.253 e. The number of nitrogens with zero attached hydrogens (tertiary/aromatic N) is 2. The Balaban J connectivity index is 2.35. The minimum atomic E-state index is 0.0699. The van der Waals surface area contributed by atoms with Crippen molar-refractivity contribution in [3.63, 3.8) is 0 Å². The first-order chi connectivity index (χ1) is 13.8. The van der Waals surface area contributed by atoms with E-state index >= 15 is 0 Å². The van der Waals surface area contributed by atoms with Crippen LogP contribution in [-0.2, 0) is 10.8 Å². The lowest BCUT2D eigenvalue weighted by Gasteiger charge is -2.31. The van der Waals surface area contributed by atoms with Gasteiger partial charge in [0.25, 0.3) is 0 Å². The maximum atomic E-state index is 5.04. The highest BCUT2D eigenvalue weighted by atomic mass is 14.8. The Morgan fingerprint density at radius 1 is 0.828 bits per heavy atom. The van der Waals surface area contributed by atoms with E-state index in [9.17, 15) is 0 Å². The number of rotatable bonds is 12. The highest BCUT2D eigenvalue weighted by Gasteiger charge is 2.27. The fraction of sp³-hybridized carbons (Fsp3) is 0.704. The van der Waals surface area contributed by atoms with Crippen LogP contribution < -0.4 is 0 Å². The van der Waals surface area contributed by atoms with E-state index in [4.69, 9.17) is 9.97 Å². The Labute approximate surface area is 179 Å². The summed E-state index contributed by atoms with van der Waals surface area (Å²) in [4.78, 5) is 9.90. The third-order valence-corrected chi connectivity index (χ3v) is 7.03. The average molecular weight is 397 g/mol. The zero-order valence-corrected chi connectivity index (χ0v) is 20.2. The summed E-state index contributed by atoms with van der Waals surface area (Å²) in [7, 11) is 0. The fourth-order valence-corrected chi connectivity index (χ4v) is 4.24.